The van der Waals surface area contributed by atoms with Crippen LogP contribution in [0.3, 0.4) is 0 Å². The first-order valence-corrected chi connectivity index (χ1v) is 2.45. The summed E-state index contributed by atoms with van der Waals surface area (Å²) >= 11 is 0. The standard InChI is InChI=1S/C4H6N4O/c9-7-1-2-8-4-5-3-6-8/h1,3-4,7H,2H2. The first-order chi connectivity index (χ1) is 4.43. The van der Waals surface area contributed by atoms with E-state index in [1.54, 1.807) is 5.16 Å². The molecule has 5 nitrogen and oxygen atoms in total. The zero-order valence-electron chi connectivity index (χ0n) is 4.69. The Morgan fingerprint density at radius 1 is 1.78 bits per heavy atom. The van der Waals surface area contributed by atoms with Gasteiger partial charge in [0, 0.05) is 0 Å². The third-order valence-electron chi connectivity index (χ3n) is 0.828. The lowest BCUT2D eigenvalue weighted by atomic mass is 10.7. The Morgan fingerprint density at radius 3 is 3.22 bits per heavy atom. The van der Waals surface area contributed by atoms with Crippen molar-refractivity contribution in [1.82, 2.24) is 14.8 Å². The fourth-order valence-electron chi connectivity index (χ4n) is 0.458. The summed E-state index contributed by atoms with van der Waals surface area (Å²) in [6, 6.07) is 0. The highest BCUT2D eigenvalue weighted by atomic mass is 16.4. The molecule has 48 valence electrons. The molecule has 9 heavy (non-hydrogen) atoms. The summed E-state index contributed by atoms with van der Waals surface area (Å²) in [7, 11) is 0. The van der Waals surface area contributed by atoms with Gasteiger partial charge in [0.15, 0.2) is 6.21 Å². The van der Waals surface area contributed by atoms with Gasteiger partial charge in [0.1, 0.15) is 19.2 Å². The molecule has 0 aliphatic heterocycles. The summed E-state index contributed by atoms with van der Waals surface area (Å²) < 4.78 is 1.53. The molecule has 0 aromatic carbocycles. The van der Waals surface area contributed by atoms with Gasteiger partial charge in [0.2, 0.25) is 0 Å². The molecule has 1 N–H and O–H groups in total. The minimum absolute atomic E-state index is 0.448. The lowest BCUT2D eigenvalue weighted by molar-refractivity contribution is -0.368. The van der Waals surface area contributed by atoms with E-state index >= 15 is 0 Å². The summed E-state index contributed by atoms with van der Waals surface area (Å²) in [6.07, 6.45) is 4.29. The molecule has 1 aromatic heterocycles. The Hall–Kier alpha value is -1.39. The van der Waals surface area contributed by atoms with Gasteiger partial charge in [-0.25, -0.2) is 14.8 Å². The molecule has 0 amide bonds. The maximum atomic E-state index is 9.66. The molecule has 0 aliphatic rings. The monoisotopic (exact) mass is 126 g/mol. The smallest absolute Gasteiger partial charge is 0.170 e. The first-order valence-electron chi connectivity index (χ1n) is 2.45. The quantitative estimate of drug-likeness (QED) is 0.281. The van der Waals surface area contributed by atoms with Gasteiger partial charge in [0.05, 0.1) is 0 Å². The lowest BCUT2D eigenvalue weighted by Gasteiger charge is -1.86. The highest BCUT2D eigenvalue weighted by Crippen LogP contribution is 1.72. The topological polar surface area (TPSA) is 67.7 Å². The molecule has 0 bridgehead atoms. The van der Waals surface area contributed by atoms with Crippen molar-refractivity contribution in [3.05, 3.63) is 17.9 Å². The predicted octanol–water partition coefficient (Wildman–Crippen LogP) is -2.07. The third kappa shape index (κ3) is 1.52. The fraction of sp³-hybridized carbons (Fsp3) is 0.250. The number of nitrogens with zero attached hydrogens (tertiary/aromatic N) is 3. The van der Waals surface area contributed by atoms with Crippen LogP contribution in [0.2, 0.25) is 0 Å². The first kappa shape index (κ1) is 5.74. The predicted molar refractivity (Wildman–Crippen MR) is 30.4 cm³/mol. The lowest BCUT2D eigenvalue weighted by Crippen LogP contribution is -2.60. The number of hydrogen-bond acceptors (Lipinski definition) is 3. The van der Waals surface area contributed by atoms with E-state index in [9.17, 15) is 5.21 Å². The van der Waals surface area contributed by atoms with Crippen LogP contribution in [0.4, 0.5) is 0 Å². The zero-order valence-corrected chi connectivity index (χ0v) is 4.69. The number of nitrogens with one attached hydrogen (secondary N) is 1. The molecule has 0 unspecified atom stereocenters. The van der Waals surface area contributed by atoms with Crippen LogP contribution in [0, 0.1) is 5.21 Å². The zero-order chi connectivity index (χ0) is 6.53. The Morgan fingerprint density at radius 2 is 2.67 bits per heavy atom. The Kier molecular flexibility index (Phi) is 1.79. The molecular weight excluding hydrogens is 120 g/mol. The Bertz CT molecular complexity index is 180. The van der Waals surface area contributed by atoms with Crippen molar-refractivity contribution < 1.29 is 5.16 Å². The van der Waals surface area contributed by atoms with Crippen LogP contribution in [0.15, 0.2) is 12.7 Å². The molecule has 0 saturated heterocycles. The van der Waals surface area contributed by atoms with E-state index in [4.69, 9.17) is 0 Å². The number of rotatable bonds is 2. The van der Waals surface area contributed by atoms with Crippen molar-refractivity contribution >= 4 is 6.21 Å². The molecule has 5 heteroatoms. The van der Waals surface area contributed by atoms with Gasteiger partial charge in [-0.3, -0.25) is 0 Å². The van der Waals surface area contributed by atoms with Crippen molar-refractivity contribution in [2.24, 2.45) is 0 Å². The minimum atomic E-state index is 0.448. The van der Waals surface area contributed by atoms with Crippen LogP contribution in [0.1, 0.15) is 0 Å². The van der Waals surface area contributed by atoms with E-state index < -0.39 is 0 Å². The van der Waals surface area contributed by atoms with Crippen molar-refractivity contribution in [2.45, 2.75) is 6.54 Å². The second-order valence-corrected chi connectivity index (χ2v) is 1.44. The van der Waals surface area contributed by atoms with E-state index in [0.29, 0.717) is 6.54 Å². The summed E-state index contributed by atoms with van der Waals surface area (Å²) in [5.41, 5.74) is 0. The van der Waals surface area contributed by atoms with E-state index in [1.165, 1.54) is 23.6 Å². The molecular formula is C4H6N4O. The molecule has 0 aliphatic carbocycles. The molecule has 0 atom stereocenters. The van der Waals surface area contributed by atoms with Gasteiger partial charge < -0.3 is 5.21 Å². The van der Waals surface area contributed by atoms with Crippen LogP contribution in [-0.4, -0.2) is 21.0 Å². The largest absolute Gasteiger partial charge is 0.626 e. The van der Waals surface area contributed by atoms with Crippen LogP contribution >= 0.6 is 0 Å². The Labute approximate surface area is 51.6 Å². The average Bonchev–Trinajstić information content (AvgIpc) is 2.34. The highest BCUT2D eigenvalue weighted by molar-refractivity contribution is 5.49. The molecule has 1 aromatic rings. The number of aromatic nitrogens is 3. The van der Waals surface area contributed by atoms with Crippen molar-refractivity contribution in [3.8, 4) is 0 Å². The second-order valence-electron chi connectivity index (χ2n) is 1.44. The van der Waals surface area contributed by atoms with Crippen LogP contribution in [0.5, 0.6) is 0 Å². The third-order valence-corrected chi connectivity index (χ3v) is 0.828. The van der Waals surface area contributed by atoms with E-state index in [1.807, 2.05) is 0 Å². The fourth-order valence-corrected chi connectivity index (χ4v) is 0.458. The van der Waals surface area contributed by atoms with Gasteiger partial charge in [0.25, 0.3) is 0 Å². The summed E-state index contributed by atoms with van der Waals surface area (Å²) in [5.74, 6) is 0. The molecule has 1 rings (SSSR count). The van der Waals surface area contributed by atoms with Crippen molar-refractivity contribution in [1.29, 1.82) is 0 Å². The maximum Gasteiger partial charge on any atom is 0.170 e. The van der Waals surface area contributed by atoms with Crippen molar-refractivity contribution in [3.63, 3.8) is 0 Å². The normalized spacial score (nSPS) is 10.7. The molecule has 1 heterocycles. The maximum absolute atomic E-state index is 9.66. The van der Waals surface area contributed by atoms with Gasteiger partial charge in [-0.2, -0.15) is 5.10 Å². The van der Waals surface area contributed by atoms with Gasteiger partial charge in [-0.15, -0.1) is 0 Å². The van der Waals surface area contributed by atoms with Crippen molar-refractivity contribution in [2.75, 3.05) is 0 Å². The highest BCUT2D eigenvalue weighted by Gasteiger charge is 1.85. The van der Waals surface area contributed by atoms with Crippen LogP contribution in [0.25, 0.3) is 0 Å². The molecule has 0 saturated carbocycles. The molecule has 0 radical (unpaired) electrons. The summed E-state index contributed by atoms with van der Waals surface area (Å²) in [6.45, 7) is 0.448. The molecule has 0 fully saturated rings. The molecule has 0 spiro atoms. The minimum Gasteiger partial charge on any atom is -0.626 e. The average molecular weight is 126 g/mol. The van der Waals surface area contributed by atoms with Gasteiger partial charge >= 0.3 is 0 Å². The van der Waals surface area contributed by atoms with Crippen LogP contribution < -0.4 is 5.16 Å². The summed E-state index contributed by atoms with van der Waals surface area (Å²) in [4.78, 5) is 3.68. The van der Waals surface area contributed by atoms with Gasteiger partial charge in [-0.1, -0.05) is 0 Å². The van der Waals surface area contributed by atoms with E-state index in [0.717, 1.165) is 0 Å². The number of hydrogen-bond donors (Lipinski definition) is 1. The SMILES string of the molecule is [O-][NH+]=CCn1cncn1. The van der Waals surface area contributed by atoms with Gasteiger partial charge in [-0.05, 0) is 0 Å². The Balaban J connectivity index is 2.48. The van der Waals surface area contributed by atoms with E-state index in [2.05, 4.69) is 10.1 Å². The van der Waals surface area contributed by atoms with Crippen LogP contribution in [-0.2, 0) is 6.54 Å². The second kappa shape index (κ2) is 2.81. The summed E-state index contributed by atoms with van der Waals surface area (Å²) in [5, 5.41) is 15.0. The van der Waals surface area contributed by atoms with E-state index in [-0.39, 0.29) is 0 Å².